The summed E-state index contributed by atoms with van der Waals surface area (Å²) in [6.45, 7) is 0.0197. The third-order valence-electron chi connectivity index (χ3n) is 3.13. The summed E-state index contributed by atoms with van der Waals surface area (Å²) in [6, 6.07) is 7.47. The highest BCUT2D eigenvalue weighted by Gasteiger charge is 2.35. The number of aromatic nitrogens is 1. The van der Waals surface area contributed by atoms with Crippen LogP contribution < -0.4 is 0 Å². The number of rotatable bonds is 3. The fourth-order valence-electron chi connectivity index (χ4n) is 2.03. The second-order valence-corrected chi connectivity index (χ2v) is 6.03. The highest BCUT2D eigenvalue weighted by molar-refractivity contribution is 8.18. The maximum absolute atomic E-state index is 13.0. The first-order valence-corrected chi connectivity index (χ1v) is 7.57. The second kappa shape index (κ2) is 5.98. The minimum absolute atomic E-state index is 0.0197. The van der Waals surface area contributed by atoms with Gasteiger partial charge in [-0.05, 0) is 47.7 Å². The number of amides is 2. The van der Waals surface area contributed by atoms with Gasteiger partial charge in [0.05, 0.1) is 11.4 Å². The number of halogens is 2. The van der Waals surface area contributed by atoms with Gasteiger partial charge < -0.3 is 4.98 Å². The zero-order valence-corrected chi connectivity index (χ0v) is 12.7. The van der Waals surface area contributed by atoms with Gasteiger partial charge in [-0.15, -0.1) is 0 Å². The van der Waals surface area contributed by atoms with Crippen LogP contribution in [0.25, 0.3) is 6.08 Å². The Morgan fingerprint density at radius 1 is 1.32 bits per heavy atom. The van der Waals surface area contributed by atoms with Gasteiger partial charge in [-0.3, -0.25) is 14.5 Å². The highest BCUT2D eigenvalue weighted by Crippen LogP contribution is 2.34. The standard InChI is InChI=1S/C15H10ClFN2O2S/c16-12-6-10(17)4-3-9(12)8-19-14(20)13(22-15(19)21)7-11-2-1-5-18-11/h1-7,18H,8H2/b13-7+. The van der Waals surface area contributed by atoms with Crippen LogP contribution in [0.5, 0.6) is 0 Å². The molecule has 2 amide bonds. The normalized spacial score (nSPS) is 16.8. The van der Waals surface area contributed by atoms with E-state index in [0.29, 0.717) is 10.5 Å². The number of H-pyrrole nitrogens is 1. The minimum atomic E-state index is -0.463. The van der Waals surface area contributed by atoms with Gasteiger partial charge in [-0.25, -0.2) is 4.39 Å². The summed E-state index contributed by atoms with van der Waals surface area (Å²) in [5, 5.41) is -0.185. The molecule has 1 aliphatic rings. The van der Waals surface area contributed by atoms with Crippen LogP contribution in [-0.4, -0.2) is 21.0 Å². The number of carbonyl (C=O) groups excluding carboxylic acids is 2. The van der Waals surface area contributed by atoms with E-state index in [4.69, 9.17) is 11.6 Å². The Morgan fingerprint density at radius 3 is 2.82 bits per heavy atom. The van der Waals surface area contributed by atoms with Crippen LogP contribution in [-0.2, 0) is 11.3 Å². The molecule has 0 aliphatic carbocycles. The van der Waals surface area contributed by atoms with Gasteiger partial charge in [0.1, 0.15) is 5.82 Å². The molecule has 1 N–H and O–H groups in total. The van der Waals surface area contributed by atoms with Crippen molar-refractivity contribution in [1.29, 1.82) is 0 Å². The van der Waals surface area contributed by atoms with Crippen molar-refractivity contribution in [2.75, 3.05) is 0 Å². The quantitative estimate of drug-likeness (QED) is 0.860. The number of imide groups is 1. The van der Waals surface area contributed by atoms with Crippen LogP contribution in [0.15, 0.2) is 41.4 Å². The Hall–Kier alpha value is -2.05. The fourth-order valence-corrected chi connectivity index (χ4v) is 3.09. The SMILES string of the molecule is O=C1S/C(=C/c2ccc[nH]2)C(=O)N1Cc1ccc(F)cc1Cl. The summed E-state index contributed by atoms with van der Waals surface area (Å²) in [6.07, 6.45) is 3.35. The zero-order valence-electron chi connectivity index (χ0n) is 11.2. The van der Waals surface area contributed by atoms with E-state index in [-0.39, 0.29) is 22.7 Å². The Morgan fingerprint density at radius 2 is 2.14 bits per heavy atom. The van der Waals surface area contributed by atoms with Crippen LogP contribution in [0.3, 0.4) is 0 Å². The molecule has 0 radical (unpaired) electrons. The van der Waals surface area contributed by atoms with Gasteiger partial charge in [-0.2, -0.15) is 0 Å². The number of benzene rings is 1. The van der Waals surface area contributed by atoms with Gasteiger partial charge in [0.15, 0.2) is 0 Å². The summed E-state index contributed by atoms with van der Waals surface area (Å²) in [5.41, 5.74) is 1.26. The molecule has 0 unspecified atom stereocenters. The first kappa shape index (κ1) is 14.9. The molecular formula is C15H10ClFN2O2S. The van der Waals surface area contributed by atoms with Gasteiger partial charge >= 0.3 is 0 Å². The van der Waals surface area contributed by atoms with Crippen LogP contribution >= 0.6 is 23.4 Å². The number of carbonyl (C=O) groups is 2. The smallest absolute Gasteiger partial charge is 0.293 e. The lowest BCUT2D eigenvalue weighted by Gasteiger charge is -2.13. The first-order valence-electron chi connectivity index (χ1n) is 6.37. The van der Waals surface area contributed by atoms with Crippen molar-refractivity contribution in [2.24, 2.45) is 0 Å². The largest absolute Gasteiger partial charge is 0.362 e. The van der Waals surface area contributed by atoms with E-state index >= 15 is 0 Å². The molecule has 1 fully saturated rings. The molecule has 22 heavy (non-hydrogen) atoms. The molecule has 112 valence electrons. The molecule has 1 aromatic carbocycles. The van der Waals surface area contributed by atoms with Crippen molar-refractivity contribution in [1.82, 2.24) is 9.88 Å². The topological polar surface area (TPSA) is 53.2 Å². The lowest BCUT2D eigenvalue weighted by Crippen LogP contribution is -2.27. The van der Waals surface area contributed by atoms with E-state index in [9.17, 15) is 14.0 Å². The molecule has 7 heteroatoms. The van der Waals surface area contributed by atoms with Crippen molar-refractivity contribution in [3.63, 3.8) is 0 Å². The van der Waals surface area contributed by atoms with E-state index < -0.39 is 5.82 Å². The Kier molecular flexibility index (Phi) is 4.04. The highest BCUT2D eigenvalue weighted by atomic mass is 35.5. The van der Waals surface area contributed by atoms with Crippen molar-refractivity contribution >= 4 is 40.6 Å². The molecule has 0 spiro atoms. The number of nitrogens with one attached hydrogen (secondary N) is 1. The second-order valence-electron chi connectivity index (χ2n) is 4.63. The number of aromatic amines is 1. The van der Waals surface area contributed by atoms with E-state index in [2.05, 4.69) is 4.98 Å². The third kappa shape index (κ3) is 2.93. The maximum atomic E-state index is 13.0. The van der Waals surface area contributed by atoms with Gasteiger partial charge in [0, 0.05) is 16.9 Å². The average molecular weight is 337 g/mol. The first-order chi connectivity index (χ1) is 10.5. The van der Waals surface area contributed by atoms with Crippen molar-refractivity contribution < 1.29 is 14.0 Å². The molecule has 1 saturated heterocycles. The summed E-state index contributed by atoms with van der Waals surface area (Å²) in [5.74, 6) is -0.848. The Balaban J connectivity index is 1.83. The predicted octanol–water partition coefficient (Wildman–Crippen LogP) is 4.04. The van der Waals surface area contributed by atoms with Gasteiger partial charge in [-0.1, -0.05) is 17.7 Å². The molecule has 0 atom stereocenters. The molecule has 0 bridgehead atoms. The van der Waals surface area contributed by atoms with Crippen molar-refractivity contribution in [2.45, 2.75) is 6.54 Å². The fraction of sp³-hybridized carbons (Fsp3) is 0.0667. The van der Waals surface area contributed by atoms with Gasteiger partial charge in [0.25, 0.3) is 11.1 Å². The average Bonchev–Trinajstić information content (AvgIpc) is 3.06. The number of hydrogen-bond acceptors (Lipinski definition) is 3. The summed E-state index contributed by atoms with van der Waals surface area (Å²) < 4.78 is 13.0. The number of nitrogens with zero attached hydrogens (tertiary/aromatic N) is 1. The molecule has 3 rings (SSSR count). The Bertz CT molecular complexity index is 774. The molecular weight excluding hydrogens is 327 g/mol. The maximum Gasteiger partial charge on any atom is 0.293 e. The minimum Gasteiger partial charge on any atom is -0.362 e. The lowest BCUT2D eigenvalue weighted by molar-refractivity contribution is -0.123. The molecule has 4 nitrogen and oxygen atoms in total. The Labute approximate surface area is 135 Å². The van der Waals surface area contributed by atoms with Crippen LogP contribution in [0.4, 0.5) is 9.18 Å². The van der Waals surface area contributed by atoms with E-state index in [1.165, 1.54) is 12.1 Å². The lowest BCUT2D eigenvalue weighted by atomic mass is 10.2. The summed E-state index contributed by atoms with van der Waals surface area (Å²) >= 11 is 6.81. The molecule has 1 aromatic heterocycles. The molecule has 2 heterocycles. The van der Waals surface area contributed by atoms with E-state index in [0.717, 1.165) is 28.4 Å². The molecule has 0 saturated carbocycles. The van der Waals surface area contributed by atoms with Crippen LogP contribution in [0, 0.1) is 5.82 Å². The molecule has 2 aromatic rings. The number of thioether (sulfide) groups is 1. The zero-order chi connectivity index (χ0) is 15.7. The predicted molar refractivity (Wildman–Crippen MR) is 83.7 cm³/mol. The van der Waals surface area contributed by atoms with Crippen LogP contribution in [0.1, 0.15) is 11.3 Å². The third-order valence-corrected chi connectivity index (χ3v) is 4.39. The molecule has 1 aliphatic heterocycles. The van der Waals surface area contributed by atoms with Crippen LogP contribution in [0.2, 0.25) is 5.02 Å². The van der Waals surface area contributed by atoms with E-state index in [1.807, 2.05) is 0 Å². The summed E-state index contributed by atoms with van der Waals surface area (Å²) in [4.78, 5) is 28.7. The summed E-state index contributed by atoms with van der Waals surface area (Å²) in [7, 11) is 0. The van der Waals surface area contributed by atoms with Gasteiger partial charge in [0.2, 0.25) is 0 Å². The van der Waals surface area contributed by atoms with E-state index in [1.54, 1.807) is 24.4 Å². The van der Waals surface area contributed by atoms with Crippen molar-refractivity contribution in [3.05, 3.63) is 63.5 Å². The van der Waals surface area contributed by atoms with Crippen molar-refractivity contribution in [3.8, 4) is 0 Å². The number of hydrogen-bond donors (Lipinski definition) is 1. The monoisotopic (exact) mass is 336 g/mol.